The van der Waals surface area contributed by atoms with Crippen molar-refractivity contribution in [3.63, 3.8) is 0 Å². The number of esters is 1. The molecule has 1 amide bonds. The predicted octanol–water partition coefficient (Wildman–Crippen LogP) is 16.0. The van der Waals surface area contributed by atoms with Crippen molar-refractivity contribution >= 4 is 11.9 Å². The molecule has 0 bridgehead atoms. The van der Waals surface area contributed by atoms with Crippen LogP contribution in [0.25, 0.3) is 0 Å². The highest BCUT2D eigenvalue weighted by atomic mass is 16.5. The molecule has 3 unspecified atom stereocenters. The van der Waals surface area contributed by atoms with E-state index in [1.165, 1.54) is 135 Å². The molecule has 0 aliphatic rings. The molecule has 0 fully saturated rings. The number of aliphatic hydroxyl groups excluding tert-OH is 2. The number of hydrogen-bond acceptors (Lipinski definition) is 5. The molecule has 62 heavy (non-hydrogen) atoms. The van der Waals surface area contributed by atoms with Crippen LogP contribution < -0.4 is 5.32 Å². The van der Waals surface area contributed by atoms with Gasteiger partial charge in [0.2, 0.25) is 5.91 Å². The number of nitrogens with one attached hydrogen (secondary N) is 1. The molecule has 0 aliphatic heterocycles. The summed E-state index contributed by atoms with van der Waals surface area (Å²) in [6.45, 7) is 6.42. The van der Waals surface area contributed by atoms with Crippen LogP contribution >= 0.6 is 0 Å². The standard InChI is InChI=1S/C56H101NO5/c1-4-7-10-13-16-19-21-23-25-27-28-30-32-34-37-40-43-46-49-56(61)62-52(47-44-41-38-36-33-31-29-26-24-22-20-17-14-11-8-5-2)50-55(60)57-53(51-58)54(59)48-45-42-39-35-18-15-12-9-6-3/h17,20,22,24,26,28-31,33,52-54,58-59H,4-16,18-19,21,23,25,27,32,34-51H2,1-3H3,(H,57,60)/b20-17+,24-22+,29-26+,30-28+,33-31+. The van der Waals surface area contributed by atoms with Gasteiger partial charge in [0.1, 0.15) is 6.10 Å². The Kier molecular flexibility index (Phi) is 47.6. The van der Waals surface area contributed by atoms with E-state index in [9.17, 15) is 19.8 Å². The predicted molar refractivity (Wildman–Crippen MR) is 268 cm³/mol. The second-order valence-corrected chi connectivity index (χ2v) is 18.0. The molecule has 0 aromatic heterocycles. The van der Waals surface area contributed by atoms with Crippen molar-refractivity contribution in [3.8, 4) is 0 Å². The van der Waals surface area contributed by atoms with Crippen LogP contribution in [0.4, 0.5) is 0 Å². The number of rotatable bonds is 47. The molecule has 0 spiro atoms. The summed E-state index contributed by atoms with van der Waals surface area (Å²) in [5, 5.41) is 23.7. The van der Waals surface area contributed by atoms with E-state index in [1.807, 2.05) is 6.08 Å². The quantitative estimate of drug-likeness (QED) is 0.0245. The van der Waals surface area contributed by atoms with Gasteiger partial charge in [0.05, 0.1) is 25.2 Å². The number of hydrogen-bond donors (Lipinski definition) is 3. The number of carbonyl (C=O) groups excluding carboxylic acids is 2. The van der Waals surface area contributed by atoms with E-state index in [4.69, 9.17) is 4.74 Å². The minimum atomic E-state index is -0.800. The smallest absolute Gasteiger partial charge is 0.306 e. The summed E-state index contributed by atoms with van der Waals surface area (Å²) in [6, 6.07) is -0.716. The monoisotopic (exact) mass is 868 g/mol. The first kappa shape index (κ1) is 59.6. The maximum absolute atomic E-state index is 13.2. The number of unbranched alkanes of at least 4 members (excludes halogenated alkanes) is 28. The first-order chi connectivity index (χ1) is 30.5. The molecule has 0 saturated heterocycles. The molecule has 6 heteroatoms. The fraction of sp³-hybridized carbons (Fsp3) is 0.786. The highest BCUT2D eigenvalue weighted by Gasteiger charge is 2.24. The zero-order valence-corrected chi connectivity index (χ0v) is 41.0. The van der Waals surface area contributed by atoms with E-state index in [0.717, 1.165) is 77.0 Å². The Morgan fingerprint density at radius 3 is 1.34 bits per heavy atom. The molecule has 360 valence electrons. The molecule has 0 aliphatic carbocycles. The van der Waals surface area contributed by atoms with Crippen molar-refractivity contribution < 1.29 is 24.5 Å². The third-order valence-electron chi connectivity index (χ3n) is 11.9. The summed E-state index contributed by atoms with van der Waals surface area (Å²) >= 11 is 0. The maximum atomic E-state index is 13.2. The first-order valence-electron chi connectivity index (χ1n) is 26.6. The number of allylic oxidation sites excluding steroid dienone is 10. The molecule has 0 aromatic rings. The molecule has 3 atom stereocenters. The van der Waals surface area contributed by atoms with Crippen molar-refractivity contribution in [2.45, 2.75) is 277 Å². The van der Waals surface area contributed by atoms with Crippen LogP contribution in [0.5, 0.6) is 0 Å². The van der Waals surface area contributed by atoms with E-state index >= 15 is 0 Å². The van der Waals surface area contributed by atoms with Crippen molar-refractivity contribution in [2.24, 2.45) is 0 Å². The zero-order valence-electron chi connectivity index (χ0n) is 41.0. The van der Waals surface area contributed by atoms with Gasteiger partial charge in [-0.2, -0.15) is 0 Å². The van der Waals surface area contributed by atoms with Gasteiger partial charge >= 0.3 is 5.97 Å². The van der Waals surface area contributed by atoms with Crippen LogP contribution in [0.3, 0.4) is 0 Å². The van der Waals surface area contributed by atoms with E-state index in [0.29, 0.717) is 19.3 Å². The van der Waals surface area contributed by atoms with Crippen LogP contribution in [0.2, 0.25) is 0 Å². The minimum absolute atomic E-state index is 0.0474. The van der Waals surface area contributed by atoms with Gasteiger partial charge in [-0.05, 0) is 77.0 Å². The molecule has 0 aromatic carbocycles. The van der Waals surface area contributed by atoms with Crippen molar-refractivity contribution in [1.29, 1.82) is 0 Å². The summed E-state index contributed by atoms with van der Waals surface area (Å²) in [7, 11) is 0. The lowest BCUT2D eigenvalue weighted by Gasteiger charge is -2.24. The minimum Gasteiger partial charge on any atom is -0.462 e. The molecule has 3 N–H and O–H groups in total. The number of carbonyl (C=O) groups is 2. The molecule has 6 nitrogen and oxygen atoms in total. The molecular weight excluding hydrogens is 767 g/mol. The van der Waals surface area contributed by atoms with Crippen LogP contribution in [0, 0.1) is 0 Å². The van der Waals surface area contributed by atoms with Crippen molar-refractivity contribution in [1.82, 2.24) is 5.32 Å². The van der Waals surface area contributed by atoms with Gasteiger partial charge < -0.3 is 20.3 Å². The van der Waals surface area contributed by atoms with E-state index < -0.39 is 18.2 Å². The van der Waals surface area contributed by atoms with Crippen LogP contribution in [0.15, 0.2) is 60.8 Å². The molecule has 0 saturated carbocycles. The van der Waals surface area contributed by atoms with Crippen molar-refractivity contribution in [2.75, 3.05) is 6.61 Å². The second kappa shape index (κ2) is 49.6. The summed E-state index contributed by atoms with van der Waals surface area (Å²) in [5.41, 5.74) is 0. The highest BCUT2D eigenvalue weighted by Crippen LogP contribution is 2.17. The molecule has 0 heterocycles. The SMILES string of the molecule is CCCCC/C=C/C=C/C=C/C=C/CCCCCC(CC(=O)NC(CO)C(O)CCCCCCCCCCC)OC(=O)CCCCCCC/C=C/CCCCCCCCCCC. The fourth-order valence-electron chi connectivity index (χ4n) is 7.85. The Hall–Kier alpha value is -2.44. The average Bonchev–Trinajstić information content (AvgIpc) is 3.26. The summed E-state index contributed by atoms with van der Waals surface area (Å²) in [6.07, 6.45) is 61.4. The number of aliphatic hydroxyl groups is 2. The number of ether oxygens (including phenoxy) is 1. The van der Waals surface area contributed by atoms with Gasteiger partial charge in [0, 0.05) is 6.42 Å². The summed E-state index contributed by atoms with van der Waals surface area (Å²) in [4.78, 5) is 26.1. The van der Waals surface area contributed by atoms with Crippen LogP contribution in [-0.2, 0) is 14.3 Å². The topological polar surface area (TPSA) is 95.9 Å². The summed E-state index contributed by atoms with van der Waals surface area (Å²) in [5.74, 6) is -0.520. The Balaban J connectivity index is 4.64. The molecule has 0 radical (unpaired) electrons. The van der Waals surface area contributed by atoms with E-state index in [1.54, 1.807) is 0 Å². The largest absolute Gasteiger partial charge is 0.462 e. The fourth-order valence-corrected chi connectivity index (χ4v) is 7.85. The lowest BCUT2D eigenvalue weighted by molar-refractivity contribution is -0.151. The molecule has 0 rings (SSSR count). The average molecular weight is 868 g/mol. The van der Waals surface area contributed by atoms with Crippen molar-refractivity contribution in [3.05, 3.63) is 60.8 Å². The van der Waals surface area contributed by atoms with E-state index in [-0.39, 0.29) is 24.9 Å². The van der Waals surface area contributed by atoms with Crippen LogP contribution in [0.1, 0.15) is 258 Å². The number of amides is 1. The van der Waals surface area contributed by atoms with Gasteiger partial charge in [-0.25, -0.2) is 0 Å². The third-order valence-corrected chi connectivity index (χ3v) is 11.9. The lowest BCUT2D eigenvalue weighted by atomic mass is 10.0. The lowest BCUT2D eigenvalue weighted by Crippen LogP contribution is -2.46. The Bertz CT molecular complexity index is 1110. The maximum Gasteiger partial charge on any atom is 0.306 e. The van der Waals surface area contributed by atoms with Gasteiger partial charge in [0.25, 0.3) is 0 Å². The Morgan fingerprint density at radius 2 is 0.839 bits per heavy atom. The highest BCUT2D eigenvalue weighted by molar-refractivity contribution is 5.77. The molecular formula is C56H101NO5. The second-order valence-electron chi connectivity index (χ2n) is 18.0. The van der Waals surface area contributed by atoms with E-state index in [2.05, 4.69) is 80.8 Å². The third kappa shape index (κ3) is 44.2. The van der Waals surface area contributed by atoms with Gasteiger partial charge in [-0.3, -0.25) is 9.59 Å². The van der Waals surface area contributed by atoms with Gasteiger partial charge in [0.15, 0.2) is 0 Å². The Morgan fingerprint density at radius 1 is 0.468 bits per heavy atom. The van der Waals surface area contributed by atoms with Gasteiger partial charge in [-0.15, -0.1) is 0 Å². The Labute approximate surface area is 384 Å². The zero-order chi connectivity index (χ0) is 45.2. The van der Waals surface area contributed by atoms with Gasteiger partial charge in [-0.1, -0.05) is 229 Å². The first-order valence-corrected chi connectivity index (χ1v) is 26.6. The normalized spacial score (nSPS) is 13.7. The summed E-state index contributed by atoms with van der Waals surface area (Å²) < 4.78 is 5.92. The van der Waals surface area contributed by atoms with Crippen LogP contribution in [-0.4, -0.2) is 46.9 Å².